The van der Waals surface area contributed by atoms with E-state index in [1.54, 1.807) is 29.2 Å². The largest absolute Gasteiger partial charge is 0.425 e. The quantitative estimate of drug-likeness (QED) is 0.470. The first-order valence-electron chi connectivity index (χ1n) is 8.63. The summed E-state index contributed by atoms with van der Waals surface area (Å²) < 4.78 is 5.43. The minimum atomic E-state index is -0.534. The average Bonchev–Trinajstić information content (AvgIpc) is 3.04. The van der Waals surface area contributed by atoms with Crippen LogP contribution in [0.1, 0.15) is 42.2 Å². The van der Waals surface area contributed by atoms with Crippen molar-refractivity contribution in [2.24, 2.45) is 5.92 Å². The Labute approximate surface area is 152 Å². The summed E-state index contributed by atoms with van der Waals surface area (Å²) in [6.07, 6.45) is 0.123. The fourth-order valence-corrected chi connectivity index (χ4v) is 3.21. The smallest absolute Gasteiger partial charge is 0.316 e. The molecule has 1 aliphatic rings. The average molecular weight is 351 g/mol. The van der Waals surface area contributed by atoms with Gasteiger partial charge in [0.2, 0.25) is 5.91 Å². The molecule has 5 heteroatoms. The number of rotatable bonds is 5. The van der Waals surface area contributed by atoms with E-state index in [1.165, 1.54) is 6.92 Å². The highest BCUT2D eigenvalue weighted by molar-refractivity contribution is 5.98. The van der Waals surface area contributed by atoms with Crippen LogP contribution in [0.2, 0.25) is 0 Å². The van der Waals surface area contributed by atoms with E-state index in [-0.39, 0.29) is 29.9 Å². The van der Waals surface area contributed by atoms with E-state index in [4.69, 9.17) is 4.74 Å². The Morgan fingerprint density at radius 3 is 2.42 bits per heavy atom. The fraction of sp³-hybridized carbons (Fsp3) is 0.286. The van der Waals surface area contributed by atoms with Crippen LogP contribution in [-0.2, 0) is 9.59 Å². The van der Waals surface area contributed by atoms with Gasteiger partial charge >= 0.3 is 5.97 Å². The standard InChI is InChI=1S/C21H21NO4/c1-14(16-8-4-3-5-9-16)22-13-17(12-20(22)24)21(25)26-19-11-7-6-10-18(19)15(2)23/h3-11,14,17H,12-13H2,1-2H3/t14-,17-/m0/s1. The van der Waals surface area contributed by atoms with Gasteiger partial charge in [-0.05, 0) is 31.5 Å². The highest BCUT2D eigenvalue weighted by Gasteiger charge is 2.38. The zero-order valence-electron chi connectivity index (χ0n) is 14.8. The van der Waals surface area contributed by atoms with Crippen molar-refractivity contribution in [2.45, 2.75) is 26.3 Å². The first-order valence-corrected chi connectivity index (χ1v) is 8.63. The molecule has 2 aromatic carbocycles. The number of Topliss-reactive ketones (excluding diaryl/α,β-unsaturated/α-hetero) is 1. The van der Waals surface area contributed by atoms with Crippen molar-refractivity contribution in [3.63, 3.8) is 0 Å². The second-order valence-corrected chi connectivity index (χ2v) is 6.51. The monoisotopic (exact) mass is 351 g/mol. The molecule has 3 rings (SSSR count). The first kappa shape index (κ1) is 17.9. The summed E-state index contributed by atoms with van der Waals surface area (Å²) in [5, 5.41) is 0. The fourth-order valence-electron chi connectivity index (χ4n) is 3.21. The van der Waals surface area contributed by atoms with E-state index in [1.807, 2.05) is 37.3 Å². The lowest BCUT2D eigenvalue weighted by atomic mass is 10.1. The molecule has 1 aliphatic heterocycles. The molecule has 0 saturated carbocycles. The summed E-state index contributed by atoms with van der Waals surface area (Å²) in [6.45, 7) is 3.69. The molecule has 5 nitrogen and oxygen atoms in total. The summed E-state index contributed by atoms with van der Waals surface area (Å²) >= 11 is 0. The van der Waals surface area contributed by atoms with Crippen LogP contribution in [0.15, 0.2) is 54.6 Å². The Balaban J connectivity index is 1.71. The molecule has 1 fully saturated rings. The van der Waals surface area contributed by atoms with Crippen LogP contribution in [0.4, 0.5) is 0 Å². The number of nitrogens with zero attached hydrogens (tertiary/aromatic N) is 1. The van der Waals surface area contributed by atoms with E-state index in [9.17, 15) is 14.4 Å². The Morgan fingerprint density at radius 2 is 1.73 bits per heavy atom. The van der Waals surface area contributed by atoms with E-state index >= 15 is 0 Å². The third-order valence-electron chi connectivity index (χ3n) is 4.72. The number of hydrogen-bond acceptors (Lipinski definition) is 4. The Kier molecular flexibility index (Phi) is 5.16. The van der Waals surface area contributed by atoms with Crippen LogP contribution < -0.4 is 4.74 Å². The molecule has 1 amide bonds. The lowest BCUT2D eigenvalue weighted by molar-refractivity contribution is -0.139. The Morgan fingerprint density at radius 1 is 1.08 bits per heavy atom. The minimum absolute atomic E-state index is 0.0665. The molecule has 0 unspecified atom stereocenters. The van der Waals surface area contributed by atoms with Gasteiger partial charge in [-0.25, -0.2) is 0 Å². The molecular formula is C21H21NO4. The number of hydrogen-bond donors (Lipinski definition) is 0. The number of benzene rings is 2. The molecule has 0 aliphatic carbocycles. The molecule has 26 heavy (non-hydrogen) atoms. The summed E-state index contributed by atoms with van der Waals surface area (Å²) in [5.41, 5.74) is 1.39. The SMILES string of the molecule is CC(=O)c1ccccc1OC(=O)[C@H]1CC(=O)N([C@@H](C)c2ccccc2)C1. The van der Waals surface area contributed by atoms with Crippen LogP contribution in [0.3, 0.4) is 0 Å². The molecule has 0 bridgehead atoms. The number of para-hydroxylation sites is 1. The maximum absolute atomic E-state index is 12.5. The normalized spacial score (nSPS) is 17.8. The van der Waals surface area contributed by atoms with Gasteiger partial charge in [0.15, 0.2) is 5.78 Å². The van der Waals surface area contributed by atoms with Crippen LogP contribution in [-0.4, -0.2) is 29.1 Å². The molecule has 134 valence electrons. The zero-order chi connectivity index (χ0) is 18.7. The van der Waals surface area contributed by atoms with Gasteiger partial charge in [-0.1, -0.05) is 42.5 Å². The van der Waals surface area contributed by atoms with Gasteiger partial charge in [-0.3, -0.25) is 14.4 Å². The van der Waals surface area contributed by atoms with E-state index in [0.717, 1.165) is 5.56 Å². The number of ether oxygens (including phenoxy) is 1. The molecule has 2 aromatic rings. The number of amides is 1. The van der Waals surface area contributed by atoms with Crippen molar-refractivity contribution in [3.8, 4) is 5.75 Å². The molecular weight excluding hydrogens is 330 g/mol. The Bertz CT molecular complexity index is 831. The van der Waals surface area contributed by atoms with Crippen molar-refractivity contribution in [1.82, 2.24) is 4.90 Å². The lowest BCUT2D eigenvalue weighted by Gasteiger charge is -2.25. The Hall–Kier alpha value is -2.95. The van der Waals surface area contributed by atoms with Crippen molar-refractivity contribution >= 4 is 17.7 Å². The molecule has 1 heterocycles. The lowest BCUT2D eigenvalue weighted by Crippen LogP contribution is -2.30. The number of carbonyl (C=O) groups excluding carboxylic acids is 3. The summed E-state index contributed by atoms with van der Waals surface area (Å²) in [7, 11) is 0. The van der Waals surface area contributed by atoms with Crippen molar-refractivity contribution in [3.05, 3.63) is 65.7 Å². The molecule has 0 aromatic heterocycles. The van der Waals surface area contributed by atoms with Gasteiger partial charge in [-0.2, -0.15) is 0 Å². The number of likely N-dealkylation sites (tertiary alicyclic amines) is 1. The molecule has 0 spiro atoms. The number of carbonyl (C=O) groups is 3. The highest BCUT2D eigenvalue weighted by atomic mass is 16.5. The van der Waals surface area contributed by atoms with Gasteiger partial charge in [-0.15, -0.1) is 0 Å². The van der Waals surface area contributed by atoms with Gasteiger partial charge < -0.3 is 9.64 Å². The maximum Gasteiger partial charge on any atom is 0.316 e. The summed E-state index contributed by atoms with van der Waals surface area (Å²) in [6, 6.07) is 16.2. The minimum Gasteiger partial charge on any atom is -0.425 e. The summed E-state index contributed by atoms with van der Waals surface area (Å²) in [5.74, 6) is -1.01. The van der Waals surface area contributed by atoms with Crippen molar-refractivity contribution < 1.29 is 19.1 Å². The predicted molar refractivity (Wildman–Crippen MR) is 96.8 cm³/mol. The van der Waals surface area contributed by atoms with Gasteiger partial charge in [0, 0.05) is 13.0 Å². The first-order chi connectivity index (χ1) is 12.5. The van der Waals surface area contributed by atoms with Gasteiger partial charge in [0.25, 0.3) is 0 Å². The third-order valence-corrected chi connectivity index (χ3v) is 4.72. The summed E-state index contributed by atoms with van der Waals surface area (Å²) in [4.78, 5) is 38.3. The second kappa shape index (κ2) is 7.52. The second-order valence-electron chi connectivity index (χ2n) is 6.51. The maximum atomic E-state index is 12.5. The third kappa shape index (κ3) is 3.67. The van der Waals surface area contributed by atoms with Gasteiger partial charge in [0.1, 0.15) is 5.75 Å². The van der Waals surface area contributed by atoms with E-state index in [0.29, 0.717) is 12.1 Å². The van der Waals surface area contributed by atoms with Crippen LogP contribution in [0.5, 0.6) is 5.75 Å². The van der Waals surface area contributed by atoms with Crippen LogP contribution >= 0.6 is 0 Å². The molecule has 1 saturated heterocycles. The van der Waals surface area contributed by atoms with Crippen molar-refractivity contribution in [1.29, 1.82) is 0 Å². The predicted octanol–water partition coefficient (Wildman–Crippen LogP) is 3.40. The number of esters is 1. The zero-order valence-corrected chi connectivity index (χ0v) is 14.8. The van der Waals surface area contributed by atoms with E-state index < -0.39 is 11.9 Å². The number of ketones is 1. The van der Waals surface area contributed by atoms with Gasteiger partial charge in [0.05, 0.1) is 17.5 Å². The van der Waals surface area contributed by atoms with Crippen LogP contribution in [0.25, 0.3) is 0 Å². The van der Waals surface area contributed by atoms with Crippen molar-refractivity contribution in [2.75, 3.05) is 6.54 Å². The topological polar surface area (TPSA) is 63.7 Å². The molecule has 0 N–H and O–H groups in total. The molecule has 0 radical (unpaired) electrons. The highest BCUT2D eigenvalue weighted by Crippen LogP contribution is 2.30. The van der Waals surface area contributed by atoms with E-state index in [2.05, 4.69) is 0 Å². The van der Waals surface area contributed by atoms with Crippen LogP contribution in [0, 0.1) is 5.92 Å². The molecule has 2 atom stereocenters.